The van der Waals surface area contributed by atoms with Gasteiger partial charge in [-0.05, 0) is 48.6 Å². The lowest BCUT2D eigenvalue weighted by Crippen LogP contribution is -2.47. The van der Waals surface area contributed by atoms with Crippen molar-refractivity contribution in [3.8, 4) is 11.5 Å². The number of rotatable bonds is 3. The summed E-state index contributed by atoms with van der Waals surface area (Å²) in [5, 5.41) is 0. The summed E-state index contributed by atoms with van der Waals surface area (Å²) in [5.41, 5.74) is 1.91. The van der Waals surface area contributed by atoms with E-state index in [0.717, 1.165) is 32.6 Å². The van der Waals surface area contributed by atoms with Gasteiger partial charge in [0, 0.05) is 50.2 Å². The summed E-state index contributed by atoms with van der Waals surface area (Å²) in [6, 6.07) is 9.86. The number of fused-ring (bicyclic) bond motifs is 5. The minimum Gasteiger partial charge on any atom is -0.454 e. The van der Waals surface area contributed by atoms with Gasteiger partial charge >= 0.3 is 0 Å². The van der Waals surface area contributed by atoms with Crippen molar-refractivity contribution in [3.63, 3.8) is 0 Å². The predicted octanol–water partition coefficient (Wildman–Crippen LogP) is 2.55. The lowest BCUT2D eigenvalue weighted by molar-refractivity contribution is 0.0584. The molecule has 1 amide bonds. The zero-order valence-corrected chi connectivity index (χ0v) is 15.2. The van der Waals surface area contributed by atoms with E-state index in [0.29, 0.717) is 23.0 Å². The van der Waals surface area contributed by atoms with E-state index in [1.165, 1.54) is 12.0 Å². The molecule has 4 aliphatic rings. The highest BCUT2D eigenvalue weighted by Gasteiger charge is 2.37. The number of hydrogen-bond donors (Lipinski definition) is 0. The summed E-state index contributed by atoms with van der Waals surface area (Å²) in [6.07, 6.45) is 6.01. The van der Waals surface area contributed by atoms with Crippen molar-refractivity contribution in [2.75, 3.05) is 26.4 Å². The Morgan fingerprint density at radius 1 is 1.11 bits per heavy atom. The average molecular weight is 365 g/mol. The summed E-state index contributed by atoms with van der Waals surface area (Å²) >= 11 is 0. The van der Waals surface area contributed by atoms with Crippen LogP contribution >= 0.6 is 0 Å². The number of hydrogen-bond acceptors (Lipinski definition) is 5. The molecule has 0 aliphatic carbocycles. The summed E-state index contributed by atoms with van der Waals surface area (Å²) in [5.74, 6) is 2.01. The van der Waals surface area contributed by atoms with E-state index in [1.54, 1.807) is 6.20 Å². The molecule has 2 atom stereocenters. The van der Waals surface area contributed by atoms with Crippen molar-refractivity contribution >= 4 is 5.91 Å². The lowest BCUT2D eigenvalue weighted by atomic mass is 9.94. The van der Waals surface area contributed by atoms with Gasteiger partial charge < -0.3 is 14.4 Å². The summed E-state index contributed by atoms with van der Waals surface area (Å²) < 4.78 is 10.8. The number of benzene rings is 1. The van der Waals surface area contributed by atoms with Crippen LogP contribution in [0, 0.1) is 5.92 Å². The highest BCUT2D eigenvalue weighted by Crippen LogP contribution is 2.34. The van der Waals surface area contributed by atoms with Crippen molar-refractivity contribution in [2.45, 2.75) is 25.4 Å². The largest absolute Gasteiger partial charge is 0.454 e. The van der Waals surface area contributed by atoms with E-state index in [9.17, 15) is 4.79 Å². The van der Waals surface area contributed by atoms with Crippen LogP contribution < -0.4 is 9.47 Å². The molecule has 0 unspecified atom stereocenters. The first kappa shape index (κ1) is 16.6. The fraction of sp³-hybridized carbons (Fsp3) is 0.429. The van der Waals surface area contributed by atoms with Crippen LogP contribution in [0.15, 0.2) is 42.7 Å². The second kappa shape index (κ2) is 6.85. The molecule has 3 fully saturated rings. The Kier molecular flexibility index (Phi) is 4.20. The maximum atomic E-state index is 13.2. The number of amides is 1. The molecule has 140 valence electrons. The van der Waals surface area contributed by atoms with Crippen LogP contribution in [0.5, 0.6) is 11.5 Å². The Morgan fingerprint density at radius 3 is 2.93 bits per heavy atom. The number of aromatic nitrogens is 1. The van der Waals surface area contributed by atoms with Gasteiger partial charge in [0.1, 0.15) is 0 Å². The third-order valence-electron chi connectivity index (χ3n) is 5.80. The van der Waals surface area contributed by atoms with Crippen LogP contribution in [0.4, 0.5) is 0 Å². The van der Waals surface area contributed by atoms with Gasteiger partial charge in [-0.15, -0.1) is 0 Å². The smallest absolute Gasteiger partial charge is 0.254 e. The number of carbonyl (C=O) groups is 1. The third kappa shape index (κ3) is 3.25. The third-order valence-corrected chi connectivity index (χ3v) is 5.80. The highest BCUT2D eigenvalue weighted by atomic mass is 16.7. The Bertz CT molecular complexity index is 842. The first-order valence-electron chi connectivity index (χ1n) is 9.58. The quantitative estimate of drug-likeness (QED) is 0.837. The molecular formula is C21H23N3O3. The van der Waals surface area contributed by atoms with Crippen LogP contribution in [0.2, 0.25) is 0 Å². The van der Waals surface area contributed by atoms with Crippen LogP contribution in [-0.2, 0) is 6.54 Å². The number of piperidine rings is 1. The van der Waals surface area contributed by atoms with Gasteiger partial charge in [0.05, 0.1) is 0 Å². The van der Waals surface area contributed by atoms with Gasteiger partial charge in [-0.3, -0.25) is 14.7 Å². The lowest BCUT2D eigenvalue weighted by Gasteiger charge is -2.36. The van der Waals surface area contributed by atoms with Crippen molar-refractivity contribution in [3.05, 3.63) is 53.9 Å². The molecule has 0 radical (unpaired) electrons. The molecule has 6 nitrogen and oxygen atoms in total. The number of pyridine rings is 1. The molecule has 3 saturated heterocycles. The topological polar surface area (TPSA) is 54.9 Å². The SMILES string of the molecule is O=C(c1ccc2c(c1)OCO2)N1C[C@H]2CC[C@@H]1CN(Cc1cccnc1)C2. The Labute approximate surface area is 158 Å². The second-order valence-corrected chi connectivity index (χ2v) is 7.68. The van der Waals surface area contributed by atoms with Crippen molar-refractivity contribution in [1.29, 1.82) is 0 Å². The van der Waals surface area contributed by atoms with Gasteiger partial charge in [0.25, 0.3) is 5.91 Å². The molecular weight excluding hydrogens is 342 g/mol. The molecule has 1 aromatic heterocycles. The highest BCUT2D eigenvalue weighted by molar-refractivity contribution is 5.95. The molecule has 1 aromatic carbocycles. The second-order valence-electron chi connectivity index (χ2n) is 7.68. The first-order chi connectivity index (χ1) is 13.3. The molecule has 6 heteroatoms. The minimum atomic E-state index is 0.103. The molecule has 0 spiro atoms. The molecule has 27 heavy (non-hydrogen) atoms. The molecule has 0 saturated carbocycles. The monoisotopic (exact) mass is 365 g/mol. The summed E-state index contributed by atoms with van der Waals surface area (Å²) in [4.78, 5) is 22.0. The van der Waals surface area contributed by atoms with Crippen molar-refractivity contribution in [2.24, 2.45) is 5.92 Å². The van der Waals surface area contributed by atoms with E-state index < -0.39 is 0 Å². The minimum absolute atomic E-state index is 0.103. The van der Waals surface area contributed by atoms with E-state index in [2.05, 4.69) is 20.9 Å². The number of nitrogens with zero attached hydrogens (tertiary/aromatic N) is 3. The van der Waals surface area contributed by atoms with E-state index in [1.807, 2.05) is 30.5 Å². The maximum absolute atomic E-state index is 13.2. The first-order valence-corrected chi connectivity index (χ1v) is 9.58. The summed E-state index contributed by atoms with van der Waals surface area (Å²) in [6.45, 7) is 3.91. The normalized spacial score (nSPS) is 24.1. The molecule has 0 N–H and O–H groups in total. The van der Waals surface area contributed by atoms with Crippen LogP contribution in [0.3, 0.4) is 0 Å². The van der Waals surface area contributed by atoms with Crippen LogP contribution in [0.25, 0.3) is 0 Å². The molecule has 4 aliphatic heterocycles. The van der Waals surface area contributed by atoms with Crippen LogP contribution in [0.1, 0.15) is 28.8 Å². The standard InChI is InChI=1S/C21H23N3O3/c25-21(17-4-6-19-20(8-17)27-14-26-19)24-12-16-3-5-18(24)13-23(11-16)10-15-2-1-7-22-9-15/h1-2,4,6-9,16,18H,3,5,10-14H2/t16-,18+/m0/s1. The van der Waals surface area contributed by atoms with Gasteiger partial charge in [0.15, 0.2) is 11.5 Å². The summed E-state index contributed by atoms with van der Waals surface area (Å²) in [7, 11) is 0. The number of carbonyl (C=O) groups excluding carboxylic acids is 1. The van der Waals surface area contributed by atoms with Gasteiger partial charge in [-0.1, -0.05) is 6.07 Å². The average Bonchev–Trinajstić information content (AvgIpc) is 3.00. The molecule has 6 rings (SSSR count). The predicted molar refractivity (Wildman–Crippen MR) is 99.6 cm³/mol. The van der Waals surface area contributed by atoms with Crippen molar-refractivity contribution < 1.29 is 14.3 Å². The number of ether oxygens (including phenoxy) is 2. The fourth-order valence-electron chi connectivity index (χ4n) is 4.50. The van der Waals surface area contributed by atoms with Gasteiger partial charge in [-0.25, -0.2) is 0 Å². The van der Waals surface area contributed by atoms with Gasteiger partial charge in [-0.2, -0.15) is 0 Å². The van der Waals surface area contributed by atoms with E-state index >= 15 is 0 Å². The Morgan fingerprint density at radius 2 is 2.04 bits per heavy atom. The van der Waals surface area contributed by atoms with Gasteiger partial charge in [0.2, 0.25) is 6.79 Å². The maximum Gasteiger partial charge on any atom is 0.254 e. The molecule has 2 aromatic rings. The molecule has 5 heterocycles. The zero-order chi connectivity index (χ0) is 18.2. The fourth-order valence-corrected chi connectivity index (χ4v) is 4.50. The molecule has 2 bridgehead atoms. The Balaban J connectivity index is 1.33. The van der Waals surface area contributed by atoms with E-state index in [4.69, 9.17) is 9.47 Å². The van der Waals surface area contributed by atoms with E-state index in [-0.39, 0.29) is 18.7 Å². The van der Waals surface area contributed by atoms with Crippen LogP contribution in [-0.4, -0.2) is 53.2 Å². The zero-order valence-electron chi connectivity index (χ0n) is 15.2. The van der Waals surface area contributed by atoms with Crippen molar-refractivity contribution in [1.82, 2.24) is 14.8 Å². The Hall–Kier alpha value is -2.60.